The lowest BCUT2D eigenvalue weighted by molar-refractivity contribution is 0.0934. The predicted octanol–water partition coefficient (Wildman–Crippen LogP) is 5.49. The van der Waals surface area contributed by atoms with Gasteiger partial charge in [-0.25, -0.2) is 0 Å². The highest BCUT2D eigenvalue weighted by atomic mass is 16.5. The molecule has 2 fully saturated rings. The fourth-order valence-corrected chi connectivity index (χ4v) is 6.31. The molecule has 0 aliphatic carbocycles. The van der Waals surface area contributed by atoms with Crippen LogP contribution >= 0.6 is 0 Å². The van der Waals surface area contributed by atoms with Gasteiger partial charge in [0, 0.05) is 48.3 Å². The van der Waals surface area contributed by atoms with Crippen molar-refractivity contribution < 1.29 is 4.74 Å². The predicted molar refractivity (Wildman–Crippen MR) is 143 cm³/mol. The number of piperidine rings is 1. The van der Waals surface area contributed by atoms with E-state index in [1.54, 1.807) is 0 Å². The third-order valence-corrected chi connectivity index (χ3v) is 8.27. The van der Waals surface area contributed by atoms with Gasteiger partial charge in [0.2, 0.25) is 0 Å². The van der Waals surface area contributed by atoms with Crippen molar-refractivity contribution in [3.8, 4) is 5.75 Å². The van der Waals surface area contributed by atoms with Gasteiger partial charge in [0.15, 0.2) is 0 Å². The Bertz CT molecular complexity index is 1130. The zero-order valence-electron chi connectivity index (χ0n) is 20.8. The minimum absolute atomic E-state index is 0.306. The first-order valence-corrected chi connectivity index (χ1v) is 13.4. The van der Waals surface area contributed by atoms with Gasteiger partial charge in [0.1, 0.15) is 12.4 Å². The quantitative estimate of drug-likeness (QED) is 0.584. The largest absolute Gasteiger partial charge is 0.492 e. The molecule has 2 aromatic rings. The average Bonchev–Trinajstić information content (AvgIpc) is 3.46. The highest BCUT2D eigenvalue weighted by Gasteiger charge is 2.31. The van der Waals surface area contributed by atoms with Gasteiger partial charge >= 0.3 is 0 Å². The maximum Gasteiger partial charge on any atom is 0.119 e. The lowest BCUT2D eigenvalue weighted by Gasteiger charge is -2.36. The fraction of sp³-hybridized carbons (Fsp3) is 0.467. The first-order chi connectivity index (χ1) is 17.2. The summed E-state index contributed by atoms with van der Waals surface area (Å²) in [5, 5.41) is 7.19. The zero-order chi connectivity index (χ0) is 23.8. The second kappa shape index (κ2) is 9.62. The summed E-state index contributed by atoms with van der Waals surface area (Å²) in [6, 6.07) is 13.8. The Hall–Kier alpha value is -2.92. The van der Waals surface area contributed by atoms with Gasteiger partial charge in [0.05, 0.1) is 6.17 Å². The first kappa shape index (κ1) is 22.5. The number of fused-ring (bicyclic) bond motifs is 2. The molecule has 2 aromatic carbocycles. The molecule has 5 nitrogen and oxygen atoms in total. The fourth-order valence-electron chi connectivity index (χ4n) is 6.31. The molecule has 4 heterocycles. The smallest absolute Gasteiger partial charge is 0.119 e. The van der Waals surface area contributed by atoms with E-state index in [4.69, 9.17) is 4.74 Å². The highest BCUT2D eigenvalue weighted by Crippen LogP contribution is 2.37. The van der Waals surface area contributed by atoms with E-state index in [9.17, 15) is 0 Å². The lowest BCUT2D eigenvalue weighted by atomic mass is 9.97. The number of anilines is 1. The van der Waals surface area contributed by atoms with Gasteiger partial charge in [-0.1, -0.05) is 37.8 Å². The van der Waals surface area contributed by atoms with Gasteiger partial charge in [0.25, 0.3) is 0 Å². The Kier molecular flexibility index (Phi) is 6.19. The average molecular weight is 471 g/mol. The standard InChI is InChI=1S/C30H38N4O/c1-21-11-14-29(32-21)34-19-25-17-27(12-13-28(25)22(34)2)35-20-26-10-3-4-16-33(26)18-24-8-5-7-23-9-6-15-31-30(23)24/h5,7-8,12-13,17,26,29,31-32H,1-4,6,9-11,14-16,18-20H2. The molecule has 6 rings (SSSR count). The number of aryl methyl sites for hydroxylation is 1. The van der Waals surface area contributed by atoms with Crippen molar-refractivity contribution in [1.29, 1.82) is 0 Å². The van der Waals surface area contributed by atoms with Crippen LogP contribution in [0.25, 0.3) is 5.70 Å². The number of para-hydroxylation sites is 1. The van der Waals surface area contributed by atoms with Crippen LogP contribution in [0.3, 0.4) is 0 Å². The molecule has 184 valence electrons. The van der Waals surface area contributed by atoms with Crippen LogP contribution < -0.4 is 15.4 Å². The number of nitrogens with zero attached hydrogens (tertiary/aromatic N) is 2. The molecule has 5 heteroatoms. The van der Waals surface area contributed by atoms with E-state index in [-0.39, 0.29) is 0 Å². The molecule has 0 spiro atoms. The Morgan fingerprint density at radius 2 is 1.94 bits per heavy atom. The number of hydrogen-bond donors (Lipinski definition) is 2. The van der Waals surface area contributed by atoms with Gasteiger partial charge in [-0.2, -0.15) is 0 Å². The molecule has 4 aliphatic rings. The van der Waals surface area contributed by atoms with E-state index < -0.39 is 0 Å². The minimum atomic E-state index is 0.306. The van der Waals surface area contributed by atoms with E-state index >= 15 is 0 Å². The van der Waals surface area contributed by atoms with E-state index in [0.717, 1.165) is 62.8 Å². The van der Waals surface area contributed by atoms with Crippen molar-refractivity contribution in [3.63, 3.8) is 0 Å². The summed E-state index contributed by atoms with van der Waals surface area (Å²) in [6.07, 6.45) is 8.62. The summed E-state index contributed by atoms with van der Waals surface area (Å²) in [6.45, 7) is 13.3. The van der Waals surface area contributed by atoms with Crippen molar-refractivity contribution in [1.82, 2.24) is 15.1 Å². The number of allylic oxidation sites excluding steroid dienone is 1. The Labute approximate surface area is 209 Å². The summed E-state index contributed by atoms with van der Waals surface area (Å²) in [5.74, 6) is 0.978. The zero-order valence-corrected chi connectivity index (χ0v) is 20.8. The summed E-state index contributed by atoms with van der Waals surface area (Å²) in [5.41, 5.74) is 9.10. The van der Waals surface area contributed by atoms with Crippen LogP contribution in [0.2, 0.25) is 0 Å². The molecule has 2 unspecified atom stereocenters. The van der Waals surface area contributed by atoms with Crippen LogP contribution in [0.5, 0.6) is 5.75 Å². The van der Waals surface area contributed by atoms with Gasteiger partial charge in [-0.15, -0.1) is 0 Å². The molecule has 0 bridgehead atoms. The number of ether oxygens (including phenoxy) is 1. The van der Waals surface area contributed by atoms with Gasteiger partial charge in [-0.05, 0) is 80.0 Å². The minimum Gasteiger partial charge on any atom is -0.492 e. The van der Waals surface area contributed by atoms with Gasteiger partial charge < -0.3 is 20.3 Å². The lowest BCUT2D eigenvalue weighted by Crippen LogP contribution is -2.42. The molecule has 0 radical (unpaired) electrons. The van der Waals surface area contributed by atoms with Crippen molar-refractivity contribution >= 4 is 11.4 Å². The normalized spacial score (nSPS) is 24.1. The highest BCUT2D eigenvalue weighted by molar-refractivity contribution is 5.70. The first-order valence-electron chi connectivity index (χ1n) is 13.4. The second-order valence-electron chi connectivity index (χ2n) is 10.6. The van der Waals surface area contributed by atoms with E-state index in [1.165, 1.54) is 60.0 Å². The molecule has 2 atom stereocenters. The molecule has 0 aromatic heterocycles. The van der Waals surface area contributed by atoms with Crippen molar-refractivity contribution in [2.24, 2.45) is 0 Å². The molecule has 2 N–H and O–H groups in total. The molecular weight excluding hydrogens is 432 g/mol. The molecule has 0 amide bonds. The van der Waals surface area contributed by atoms with E-state index in [0.29, 0.717) is 12.2 Å². The maximum atomic E-state index is 6.43. The summed E-state index contributed by atoms with van der Waals surface area (Å²) >= 11 is 0. The van der Waals surface area contributed by atoms with Crippen LogP contribution in [0.4, 0.5) is 5.69 Å². The second-order valence-corrected chi connectivity index (χ2v) is 10.6. The van der Waals surface area contributed by atoms with Gasteiger partial charge in [-0.3, -0.25) is 4.90 Å². The topological polar surface area (TPSA) is 39.8 Å². The molecule has 2 saturated heterocycles. The molecule has 0 saturated carbocycles. The summed E-state index contributed by atoms with van der Waals surface area (Å²) in [7, 11) is 0. The third kappa shape index (κ3) is 4.54. The maximum absolute atomic E-state index is 6.43. The van der Waals surface area contributed by atoms with Crippen LogP contribution in [-0.2, 0) is 19.5 Å². The van der Waals surface area contributed by atoms with Crippen LogP contribution in [0.15, 0.2) is 55.3 Å². The molecule has 35 heavy (non-hydrogen) atoms. The van der Waals surface area contributed by atoms with Crippen LogP contribution in [-0.4, -0.2) is 41.7 Å². The van der Waals surface area contributed by atoms with Crippen molar-refractivity contribution in [2.75, 3.05) is 25.0 Å². The van der Waals surface area contributed by atoms with Crippen molar-refractivity contribution in [3.05, 3.63) is 77.5 Å². The molecular formula is C30H38N4O. The number of benzene rings is 2. The number of rotatable bonds is 6. The number of hydrogen-bond acceptors (Lipinski definition) is 5. The van der Waals surface area contributed by atoms with Crippen LogP contribution in [0.1, 0.15) is 60.8 Å². The third-order valence-electron chi connectivity index (χ3n) is 8.27. The Balaban J connectivity index is 1.11. The Morgan fingerprint density at radius 3 is 2.83 bits per heavy atom. The summed E-state index contributed by atoms with van der Waals surface area (Å²) < 4.78 is 6.43. The van der Waals surface area contributed by atoms with E-state index in [1.807, 2.05) is 0 Å². The van der Waals surface area contributed by atoms with Crippen LogP contribution in [0, 0.1) is 0 Å². The Morgan fingerprint density at radius 1 is 1.00 bits per heavy atom. The molecule has 4 aliphatic heterocycles. The monoisotopic (exact) mass is 470 g/mol. The SMILES string of the molecule is C=C1CCC(N2Cc3cc(OCC4CCCCN4Cc4cccc5c4NCCC5)ccc3C2=C)N1. The summed E-state index contributed by atoms with van der Waals surface area (Å²) in [4.78, 5) is 5.02. The number of likely N-dealkylation sites (tertiary alicyclic amines) is 1. The van der Waals surface area contributed by atoms with E-state index in [2.05, 4.69) is 70.0 Å². The number of nitrogens with one attached hydrogen (secondary N) is 2. The van der Waals surface area contributed by atoms with Crippen molar-refractivity contribution in [2.45, 2.75) is 70.2 Å².